The molecule has 1 aliphatic rings. The Morgan fingerprint density at radius 3 is 1.72 bits per heavy atom. The summed E-state index contributed by atoms with van der Waals surface area (Å²) < 4.78 is 201. The molecule has 0 bridgehead atoms. The van der Waals surface area contributed by atoms with E-state index in [4.69, 9.17) is 9.47 Å². The van der Waals surface area contributed by atoms with E-state index in [1.807, 2.05) is 0 Å². The van der Waals surface area contributed by atoms with Gasteiger partial charge in [0.2, 0.25) is 0 Å². The van der Waals surface area contributed by atoms with E-state index in [0.29, 0.717) is 24.3 Å². The Hall–Kier alpha value is -4.25. The summed E-state index contributed by atoms with van der Waals surface area (Å²) in [6.45, 7) is 3.19. The van der Waals surface area contributed by atoms with E-state index in [2.05, 4.69) is 16.1 Å². The van der Waals surface area contributed by atoms with Gasteiger partial charge in [-0.3, -0.25) is 0 Å². The van der Waals surface area contributed by atoms with Crippen LogP contribution < -0.4 is 9.47 Å². The minimum Gasteiger partial charge on any atom is -0.429 e. The molecular formula is C29H17F13O4. The van der Waals surface area contributed by atoms with Crippen LogP contribution in [0.3, 0.4) is 0 Å². The zero-order chi connectivity index (χ0) is 34.2. The van der Waals surface area contributed by atoms with Gasteiger partial charge < -0.3 is 18.9 Å². The third-order valence-electron chi connectivity index (χ3n) is 6.23. The Morgan fingerprint density at radius 2 is 1.24 bits per heavy atom. The second-order valence-corrected chi connectivity index (χ2v) is 9.50. The van der Waals surface area contributed by atoms with Crippen molar-refractivity contribution in [3.8, 4) is 11.5 Å². The Bertz CT molecular complexity index is 1580. The Balaban J connectivity index is 1.51. The molecule has 0 aliphatic carbocycles. The van der Waals surface area contributed by atoms with Crippen molar-refractivity contribution in [2.45, 2.75) is 24.7 Å². The molecule has 0 radical (unpaired) electrons. The van der Waals surface area contributed by atoms with Gasteiger partial charge in [-0.2, -0.15) is 30.7 Å². The molecule has 248 valence electrons. The van der Waals surface area contributed by atoms with E-state index in [1.165, 1.54) is 6.08 Å². The first-order valence-corrected chi connectivity index (χ1v) is 12.5. The van der Waals surface area contributed by atoms with Crippen LogP contribution in [0.25, 0.3) is 11.7 Å². The number of hydrogen-bond acceptors (Lipinski definition) is 4. The van der Waals surface area contributed by atoms with Crippen LogP contribution in [-0.4, -0.2) is 25.6 Å². The standard InChI is InChI=1S/C29H17F13O4/c1-2-13-11-43-26(44-12-13)29(41,42)45-16-5-3-15(4-6-16)28(39,40)46-17-9-18(30)22(19(31)10-17)25(35)24(34)14-7-20(32)23(21(33)8-14)27(36,37)38/h2-10,13,26H,1,11-12H2/b25-24+. The molecule has 0 N–H and O–H groups in total. The van der Waals surface area contributed by atoms with Gasteiger partial charge in [-0.15, -0.1) is 6.58 Å². The van der Waals surface area contributed by atoms with Crippen molar-refractivity contribution >= 4 is 11.7 Å². The SMILES string of the molecule is C=CC1COC(C(F)(F)Oc2ccc(C(F)(F)Oc3cc(F)c(/C(F)=C(\F)c4cc(F)c(C(F)(F)F)c(F)c4)c(F)c3)cc2)OC1. The van der Waals surface area contributed by atoms with Crippen molar-refractivity contribution in [1.29, 1.82) is 0 Å². The van der Waals surface area contributed by atoms with Gasteiger partial charge >= 0.3 is 18.4 Å². The van der Waals surface area contributed by atoms with Crippen LogP contribution in [0.4, 0.5) is 57.1 Å². The van der Waals surface area contributed by atoms with Crippen LogP contribution >= 0.6 is 0 Å². The molecular weight excluding hydrogens is 659 g/mol. The summed E-state index contributed by atoms with van der Waals surface area (Å²) in [4.78, 5) is 0. The average Bonchev–Trinajstić information content (AvgIpc) is 2.95. The number of alkyl halides is 7. The molecule has 0 spiro atoms. The minimum absolute atomic E-state index is 0.0216. The van der Waals surface area contributed by atoms with Gasteiger partial charge in [0.15, 0.2) is 11.7 Å². The number of ether oxygens (including phenoxy) is 4. The second kappa shape index (κ2) is 12.9. The number of rotatable bonds is 9. The van der Waals surface area contributed by atoms with Gasteiger partial charge in [0.05, 0.1) is 24.3 Å². The van der Waals surface area contributed by atoms with E-state index in [1.54, 1.807) is 0 Å². The summed E-state index contributed by atoms with van der Waals surface area (Å²) >= 11 is 0. The average molecular weight is 676 g/mol. The Morgan fingerprint density at radius 1 is 0.717 bits per heavy atom. The molecule has 1 heterocycles. The summed E-state index contributed by atoms with van der Waals surface area (Å²) in [6, 6.07) is 1.88. The molecule has 3 aromatic carbocycles. The molecule has 0 atom stereocenters. The van der Waals surface area contributed by atoms with Gasteiger partial charge in [0, 0.05) is 23.6 Å². The number of halogens is 13. The van der Waals surface area contributed by atoms with Gasteiger partial charge in [-0.25, -0.2) is 26.3 Å². The first kappa shape index (κ1) is 34.6. The predicted molar refractivity (Wildman–Crippen MR) is 133 cm³/mol. The van der Waals surface area contributed by atoms with Crippen molar-refractivity contribution in [2.75, 3.05) is 13.2 Å². The van der Waals surface area contributed by atoms with Crippen LogP contribution in [0.5, 0.6) is 11.5 Å². The highest BCUT2D eigenvalue weighted by Gasteiger charge is 2.47. The normalized spacial score (nSPS) is 18.2. The zero-order valence-electron chi connectivity index (χ0n) is 22.5. The molecule has 4 rings (SSSR count). The molecule has 0 saturated carbocycles. The topological polar surface area (TPSA) is 36.9 Å². The molecule has 17 heteroatoms. The lowest BCUT2D eigenvalue weighted by atomic mass is 10.1. The van der Waals surface area contributed by atoms with Crippen LogP contribution in [0.2, 0.25) is 0 Å². The maximum Gasteiger partial charge on any atom is 0.451 e. The van der Waals surface area contributed by atoms with Crippen LogP contribution in [0.15, 0.2) is 61.2 Å². The fourth-order valence-corrected chi connectivity index (χ4v) is 4.00. The van der Waals surface area contributed by atoms with Crippen molar-refractivity contribution in [3.05, 3.63) is 107 Å². The molecule has 0 aromatic heterocycles. The summed E-state index contributed by atoms with van der Waals surface area (Å²) in [5.74, 6) is -16.0. The smallest absolute Gasteiger partial charge is 0.429 e. The van der Waals surface area contributed by atoms with Crippen LogP contribution in [0.1, 0.15) is 22.3 Å². The van der Waals surface area contributed by atoms with Crippen molar-refractivity contribution < 1.29 is 76.0 Å². The number of benzene rings is 3. The van der Waals surface area contributed by atoms with Crippen LogP contribution in [-0.2, 0) is 21.8 Å². The molecule has 46 heavy (non-hydrogen) atoms. The maximum absolute atomic E-state index is 14.7. The summed E-state index contributed by atoms with van der Waals surface area (Å²) in [5.41, 5.74) is -6.86. The highest BCUT2D eigenvalue weighted by atomic mass is 19.4. The van der Waals surface area contributed by atoms with E-state index in [9.17, 15) is 57.1 Å². The van der Waals surface area contributed by atoms with Crippen molar-refractivity contribution in [2.24, 2.45) is 5.92 Å². The monoisotopic (exact) mass is 676 g/mol. The third kappa shape index (κ3) is 7.41. The first-order valence-electron chi connectivity index (χ1n) is 12.5. The number of hydrogen-bond donors (Lipinski definition) is 0. The van der Waals surface area contributed by atoms with E-state index < -0.39 is 93.4 Å². The fraction of sp³-hybridized carbons (Fsp3) is 0.241. The quantitative estimate of drug-likeness (QED) is 0.129. The van der Waals surface area contributed by atoms with E-state index in [-0.39, 0.29) is 43.4 Å². The molecule has 1 saturated heterocycles. The zero-order valence-corrected chi connectivity index (χ0v) is 22.5. The van der Waals surface area contributed by atoms with Crippen molar-refractivity contribution in [1.82, 2.24) is 0 Å². The lowest BCUT2D eigenvalue weighted by molar-refractivity contribution is -0.349. The molecule has 1 fully saturated rings. The van der Waals surface area contributed by atoms with Gasteiger partial charge in [-0.1, -0.05) is 6.08 Å². The summed E-state index contributed by atoms with van der Waals surface area (Å²) in [6.07, 6.45) is -14.7. The maximum atomic E-state index is 14.7. The Labute approximate surface area is 250 Å². The molecule has 0 amide bonds. The van der Waals surface area contributed by atoms with E-state index in [0.717, 1.165) is 0 Å². The summed E-state index contributed by atoms with van der Waals surface area (Å²) in [7, 11) is 0. The van der Waals surface area contributed by atoms with Crippen molar-refractivity contribution in [3.63, 3.8) is 0 Å². The molecule has 0 unspecified atom stereocenters. The Kier molecular flexibility index (Phi) is 9.68. The van der Waals surface area contributed by atoms with Gasteiger partial charge in [-0.05, 0) is 36.4 Å². The minimum atomic E-state index is -5.55. The molecule has 1 aliphatic heterocycles. The predicted octanol–water partition coefficient (Wildman–Crippen LogP) is 9.30. The van der Waals surface area contributed by atoms with Gasteiger partial charge in [0.1, 0.15) is 40.3 Å². The molecule has 3 aromatic rings. The largest absolute Gasteiger partial charge is 0.451 e. The van der Waals surface area contributed by atoms with E-state index >= 15 is 0 Å². The lowest BCUT2D eigenvalue weighted by Gasteiger charge is -2.32. The summed E-state index contributed by atoms with van der Waals surface area (Å²) in [5, 5.41) is 0. The highest BCUT2D eigenvalue weighted by Crippen LogP contribution is 2.40. The third-order valence-corrected chi connectivity index (χ3v) is 6.23. The highest BCUT2D eigenvalue weighted by molar-refractivity contribution is 5.83. The first-order chi connectivity index (χ1) is 21.3. The lowest BCUT2D eigenvalue weighted by Crippen LogP contribution is -2.47. The fourth-order valence-electron chi connectivity index (χ4n) is 4.00. The second-order valence-electron chi connectivity index (χ2n) is 9.50. The molecule has 4 nitrogen and oxygen atoms in total. The van der Waals surface area contributed by atoms with Gasteiger partial charge in [0.25, 0.3) is 6.29 Å². The van der Waals surface area contributed by atoms with Crippen LogP contribution in [0, 0.1) is 29.2 Å².